The zero-order chi connectivity index (χ0) is 10.3. The summed E-state index contributed by atoms with van der Waals surface area (Å²) >= 11 is 0. The molecule has 0 rings (SSSR count). The van der Waals surface area contributed by atoms with E-state index in [4.69, 9.17) is 0 Å². The van der Waals surface area contributed by atoms with E-state index in [0.717, 1.165) is 12.8 Å². The highest BCUT2D eigenvalue weighted by Gasteiger charge is 2.09. The van der Waals surface area contributed by atoms with Gasteiger partial charge in [0.1, 0.15) is 5.78 Å². The monoisotopic (exact) mass is 180 g/mol. The van der Waals surface area contributed by atoms with Gasteiger partial charge in [0.05, 0.1) is 0 Å². The molecule has 0 bridgehead atoms. The van der Waals surface area contributed by atoms with Crippen molar-refractivity contribution in [2.24, 2.45) is 5.92 Å². The molecule has 0 saturated carbocycles. The van der Waals surface area contributed by atoms with Crippen LogP contribution in [0.3, 0.4) is 0 Å². The van der Waals surface area contributed by atoms with Gasteiger partial charge in [0, 0.05) is 5.92 Å². The van der Waals surface area contributed by atoms with Crippen LogP contribution in [0.25, 0.3) is 0 Å². The van der Waals surface area contributed by atoms with E-state index in [0.29, 0.717) is 0 Å². The van der Waals surface area contributed by atoms with Crippen LogP contribution in [-0.2, 0) is 4.79 Å². The highest BCUT2D eigenvalue weighted by Crippen LogP contribution is 2.12. The lowest BCUT2D eigenvalue weighted by Gasteiger charge is -2.08. The number of carbonyl (C=O) groups excluding carboxylic acids is 1. The minimum absolute atomic E-state index is 0.172. The lowest BCUT2D eigenvalue weighted by Crippen LogP contribution is -2.08. The average molecular weight is 180 g/mol. The Morgan fingerprint density at radius 3 is 2.23 bits per heavy atom. The highest BCUT2D eigenvalue weighted by molar-refractivity contribution is 5.78. The van der Waals surface area contributed by atoms with Crippen LogP contribution in [0.15, 0.2) is 23.8 Å². The van der Waals surface area contributed by atoms with Gasteiger partial charge in [-0.1, -0.05) is 23.8 Å². The maximum atomic E-state index is 11.2. The van der Waals surface area contributed by atoms with E-state index in [1.165, 1.54) is 5.57 Å². The first kappa shape index (κ1) is 12.2. The zero-order valence-electron chi connectivity index (χ0n) is 9.13. The van der Waals surface area contributed by atoms with E-state index in [9.17, 15) is 4.79 Å². The summed E-state index contributed by atoms with van der Waals surface area (Å²) < 4.78 is 0. The molecular formula is C12H20O. The van der Waals surface area contributed by atoms with Crippen LogP contribution in [0.5, 0.6) is 0 Å². The second kappa shape index (κ2) is 6.64. The molecule has 0 aromatic carbocycles. The molecule has 0 heterocycles. The van der Waals surface area contributed by atoms with Gasteiger partial charge in [-0.3, -0.25) is 4.79 Å². The zero-order valence-corrected chi connectivity index (χ0v) is 9.13. The average Bonchev–Trinajstić information content (AvgIpc) is 2.03. The van der Waals surface area contributed by atoms with Crippen LogP contribution < -0.4 is 0 Å². The molecule has 0 aliphatic carbocycles. The molecule has 13 heavy (non-hydrogen) atoms. The first-order valence-corrected chi connectivity index (χ1v) is 4.83. The van der Waals surface area contributed by atoms with Crippen molar-refractivity contribution in [1.82, 2.24) is 0 Å². The summed E-state index contributed by atoms with van der Waals surface area (Å²) in [6, 6.07) is 0. The maximum absolute atomic E-state index is 11.2. The van der Waals surface area contributed by atoms with E-state index >= 15 is 0 Å². The molecule has 1 nitrogen and oxygen atoms in total. The number of Topliss-reactive ketones (excluding diaryl/α,β-unsaturated/α-hetero) is 1. The fourth-order valence-corrected chi connectivity index (χ4v) is 1.11. The summed E-state index contributed by atoms with van der Waals surface area (Å²) in [6.07, 6.45) is 7.94. The van der Waals surface area contributed by atoms with E-state index in [2.05, 4.69) is 26.0 Å². The third-order valence-electron chi connectivity index (χ3n) is 2.04. The molecule has 0 spiro atoms. The van der Waals surface area contributed by atoms with Crippen molar-refractivity contribution in [3.8, 4) is 0 Å². The summed E-state index contributed by atoms with van der Waals surface area (Å²) in [5, 5.41) is 0. The Kier molecular flexibility index (Phi) is 6.21. The van der Waals surface area contributed by atoms with Gasteiger partial charge in [-0.2, -0.15) is 0 Å². The molecule has 0 amide bonds. The molecule has 0 aromatic heterocycles. The Balaban J connectivity index is 4.10. The SMILES string of the molecule is CC=CCC(CC=C(C)C)C(C)=O. The Morgan fingerprint density at radius 2 is 1.85 bits per heavy atom. The number of hydrogen-bond donors (Lipinski definition) is 0. The van der Waals surface area contributed by atoms with Gasteiger partial charge in [-0.25, -0.2) is 0 Å². The molecule has 0 fully saturated rings. The van der Waals surface area contributed by atoms with E-state index in [-0.39, 0.29) is 11.7 Å². The summed E-state index contributed by atoms with van der Waals surface area (Å²) in [5.41, 5.74) is 1.28. The Hall–Kier alpha value is -0.850. The largest absolute Gasteiger partial charge is 0.300 e. The molecule has 0 aliphatic heterocycles. The lowest BCUT2D eigenvalue weighted by molar-refractivity contribution is -0.120. The molecule has 74 valence electrons. The topological polar surface area (TPSA) is 17.1 Å². The van der Waals surface area contributed by atoms with Gasteiger partial charge >= 0.3 is 0 Å². The van der Waals surface area contributed by atoms with Crippen LogP contribution in [0.4, 0.5) is 0 Å². The minimum atomic E-state index is 0.172. The molecule has 0 radical (unpaired) electrons. The molecule has 0 aromatic rings. The standard InChI is InChI=1S/C12H20O/c1-5-6-7-12(11(4)13)9-8-10(2)3/h5-6,8,12H,7,9H2,1-4H3. The summed E-state index contributed by atoms with van der Waals surface area (Å²) in [6.45, 7) is 7.78. The second-order valence-corrected chi connectivity index (χ2v) is 3.63. The summed E-state index contributed by atoms with van der Waals surface area (Å²) in [7, 11) is 0. The van der Waals surface area contributed by atoms with Crippen molar-refractivity contribution in [2.45, 2.75) is 40.5 Å². The number of ketones is 1. The van der Waals surface area contributed by atoms with Crippen LogP contribution in [0.2, 0.25) is 0 Å². The van der Waals surface area contributed by atoms with E-state index < -0.39 is 0 Å². The predicted octanol–water partition coefficient (Wildman–Crippen LogP) is 3.51. The van der Waals surface area contributed by atoms with Crippen molar-refractivity contribution < 1.29 is 4.79 Å². The first-order valence-electron chi connectivity index (χ1n) is 4.83. The van der Waals surface area contributed by atoms with Crippen LogP contribution in [0.1, 0.15) is 40.5 Å². The Labute approximate surface area is 81.5 Å². The van der Waals surface area contributed by atoms with E-state index in [1.54, 1.807) is 6.92 Å². The third kappa shape index (κ3) is 6.32. The molecule has 0 saturated heterocycles. The van der Waals surface area contributed by atoms with Crippen molar-refractivity contribution in [3.05, 3.63) is 23.8 Å². The Morgan fingerprint density at radius 1 is 1.23 bits per heavy atom. The minimum Gasteiger partial charge on any atom is -0.300 e. The van der Waals surface area contributed by atoms with Gasteiger partial charge in [0.15, 0.2) is 0 Å². The highest BCUT2D eigenvalue weighted by atomic mass is 16.1. The predicted molar refractivity (Wildman–Crippen MR) is 57.7 cm³/mol. The summed E-state index contributed by atoms with van der Waals surface area (Å²) in [5.74, 6) is 0.460. The normalized spacial score (nSPS) is 12.9. The van der Waals surface area contributed by atoms with Crippen molar-refractivity contribution in [1.29, 1.82) is 0 Å². The van der Waals surface area contributed by atoms with Gasteiger partial charge in [0.2, 0.25) is 0 Å². The van der Waals surface area contributed by atoms with Gasteiger partial charge < -0.3 is 0 Å². The molecule has 1 unspecified atom stereocenters. The fourth-order valence-electron chi connectivity index (χ4n) is 1.11. The van der Waals surface area contributed by atoms with E-state index in [1.807, 2.05) is 13.0 Å². The van der Waals surface area contributed by atoms with Gasteiger partial charge in [-0.15, -0.1) is 0 Å². The molecule has 1 atom stereocenters. The van der Waals surface area contributed by atoms with Gasteiger partial charge in [0.25, 0.3) is 0 Å². The smallest absolute Gasteiger partial charge is 0.133 e. The quantitative estimate of drug-likeness (QED) is 0.592. The van der Waals surface area contributed by atoms with Crippen molar-refractivity contribution in [3.63, 3.8) is 0 Å². The summed E-state index contributed by atoms with van der Waals surface area (Å²) in [4.78, 5) is 11.2. The number of rotatable bonds is 5. The molecule has 0 aliphatic rings. The molecular weight excluding hydrogens is 160 g/mol. The third-order valence-corrected chi connectivity index (χ3v) is 2.04. The van der Waals surface area contributed by atoms with Crippen molar-refractivity contribution >= 4 is 5.78 Å². The number of allylic oxidation sites excluding steroid dienone is 4. The molecule has 1 heteroatoms. The van der Waals surface area contributed by atoms with Gasteiger partial charge in [-0.05, 0) is 40.5 Å². The lowest BCUT2D eigenvalue weighted by atomic mass is 9.96. The second-order valence-electron chi connectivity index (χ2n) is 3.63. The fraction of sp³-hybridized carbons (Fsp3) is 0.583. The Bertz CT molecular complexity index is 207. The van der Waals surface area contributed by atoms with Crippen LogP contribution >= 0.6 is 0 Å². The van der Waals surface area contributed by atoms with Crippen molar-refractivity contribution in [2.75, 3.05) is 0 Å². The molecule has 0 N–H and O–H groups in total. The van der Waals surface area contributed by atoms with Crippen LogP contribution in [0, 0.1) is 5.92 Å². The maximum Gasteiger partial charge on any atom is 0.133 e. The van der Waals surface area contributed by atoms with Crippen LogP contribution in [-0.4, -0.2) is 5.78 Å². The first-order chi connectivity index (χ1) is 6.07. The number of carbonyl (C=O) groups is 1. The number of hydrogen-bond acceptors (Lipinski definition) is 1.